The van der Waals surface area contributed by atoms with E-state index < -0.39 is 0 Å². The minimum atomic E-state index is 0.683. The Labute approximate surface area is 128 Å². The molecule has 3 heteroatoms. The monoisotopic (exact) mass is 292 g/mol. The summed E-state index contributed by atoms with van der Waals surface area (Å²) in [7, 11) is 0. The third-order valence-electron chi connectivity index (χ3n) is 4.26. The summed E-state index contributed by atoms with van der Waals surface area (Å²) < 4.78 is 0. The maximum absolute atomic E-state index is 3.38. The summed E-state index contributed by atoms with van der Waals surface area (Å²) in [6, 6.07) is 9.88. The molecule has 2 nitrogen and oxygen atoms in total. The molecule has 0 saturated carbocycles. The molecule has 1 aliphatic heterocycles. The van der Waals surface area contributed by atoms with Gasteiger partial charge in [-0.05, 0) is 37.6 Å². The van der Waals surface area contributed by atoms with Gasteiger partial charge in [0.2, 0.25) is 0 Å². The van der Waals surface area contributed by atoms with Crippen molar-refractivity contribution in [1.82, 2.24) is 10.2 Å². The third kappa shape index (κ3) is 4.51. The maximum atomic E-state index is 3.38. The summed E-state index contributed by atoms with van der Waals surface area (Å²) in [5.41, 5.74) is 2.88. The van der Waals surface area contributed by atoms with Gasteiger partial charge in [0.25, 0.3) is 0 Å². The standard InChI is InChI=1S/C17H28N2S/c1-4-18-10-9-16-5-7-17(8-6-16)13-19-11-12-20-15(3)14(19)2/h5-8,14-15,18H,4,9-13H2,1-3H3. The van der Waals surface area contributed by atoms with E-state index in [0.29, 0.717) is 6.04 Å². The lowest BCUT2D eigenvalue weighted by Gasteiger charge is -2.37. The highest BCUT2D eigenvalue weighted by Gasteiger charge is 2.24. The first-order valence-electron chi connectivity index (χ1n) is 7.85. The highest BCUT2D eigenvalue weighted by atomic mass is 32.2. The molecule has 2 atom stereocenters. The van der Waals surface area contributed by atoms with E-state index in [2.05, 4.69) is 67.0 Å². The predicted octanol–water partition coefficient (Wildman–Crippen LogP) is 3.16. The molecular weight excluding hydrogens is 264 g/mol. The van der Waals surface area contributed by atoms with E-state index in [1.54, 1.807) is 0 Å². The number of hydrogen-bond acceptors (Lipinski definition) is 3. The number of hydrogen-bond donors (Lipinski definition) is 1. The molecule has 20 heavy (non-hydrogen) atoms. The van der Waals surface area contributed by atoms with Gasteiger partial charge in [-0.15, -0.1) is 0 Å². The zero-order valence-corrected chi connectivity index (χ0v) is 13.9. The Morgan fingerprint density at radius 3 is 2.60 bits per heavy atom. The van der Waals surface area contributed by atoms with Crippen LogP contribution in [0.25, 0.3) is 0 Å². The van der Waals surface area contributed by atoms with Crippen LogP contribution < -0.4 is 5.32 Å². The van der Waals surface area contributed by atoms with Gasteiger partial charge in [0, 0.05) is 30.1 Å². The second-order valence-electron chi connectivity index (χ2n) is 5.71. The molecule has 0 aliphatic carbocycles. The highest BCUT2D eigenvalue weighted by molar-refractivity contribution is 8.00. The van der Waals surface area contributed by atoms with Gasteiger partial charge in [-0.3, -0.25) is 4.90 Å². The highest BCUT2D eigenvalue weighted by Crippen LogP contribution is 2.25. The molecular formula is C17H28N2S. The van der Waals surface area contributed by atoms with Gasteiger partial charge in [-0.25, -0.2) is 0 Å². The fourth-order valence-corrected chi connectivity index (χ4v) is 3.84. The molecule has 1 N–H and O–H groups in total. The molecule has 0 bridgehead atoms. The van der Waals surface area contributed by atoms with E-state index in [-0.39, 0.29) is 0 Å². The zero-order valence-electron chi connectivity index (χ0n) is 13.1. The summed E-state index contributed by atoms with van der Waals surface area (Å²) >= 11 is 2.11. The van der Waals surface area contributed by atoms with Gasteiger partial charge in [-0.2, -0.15) is 11.8 Å². The number of nitrogens with zero attached hydrogens (tertiary/aromatic N) is 1. The lowest BCUT2D eigenvalue weighted by atomic mass is 10.1. The largest absolute Gasteiger partial charge is 0.317 e. The van der Waals surface area contributed by atoms with Crippen LogP contribution in [-0.2, 0) is 13.0 Å². The first-order chi connectivity index (χ1) is 9.70. The number of thioether (sulfide) groups is 1. The summed E-state index contributed by atoms with van der Waals surface area (Å²) in [5, 5.41) is 4.13. The number of nitrogens with one attached hydrogen (secondary N) is 1. The number of benzene rings is 1. The molecule has 112 valence electrons. The molecule has 1 aromatic rings. The van der Waals surface area contributed by atoms with Crippen molar-refractivity contribution >= 4 is 11.8 Å². The molecule has 1 saturated heterocycles. The van der Waals surface area contributed by atoms with Gasteiger partial charge < -0.3 is 5.32 Å². The Morgan fingerprint density at radius 1 is 1.20 bits per heavy atom. The normalized spacial score (nSPS) is 23.9. The summed E-state index contributed by atoms with van der Waals surface area (Å²) in [4.78, 5) is 2.62. The van der Waals surface area contributed by atoms with Crippen LogP contribution in [0.1, 0.15) is 31.9 Å². The minimum absolute atomic E-state index is 0.683. The molecule has 1 fully saturated rings. The first-order valence-corrected chi connectivity index (χ1v) is 8.89. The summed E-state index contributed by atoms with van der Waals surface area (Å²) in [5.74, 6) is 1.27. The van der Waals surface area contributed by atoms with Crippen molar-refractivity contribution in [2.24, 2.45) is 0 Å². The van der Waals surface area contributed by atoms with Crippen LogP contribution in [-0.4, -0.2) is 41.6 Å². The van der Waals surface area contributed by atoms with Gasteiger partial charge in [-0.1, -0.05) is 38.1 Å². The topological polar surface area (TPSA) is 15.3 Å². The third-order valence-corrected chi connectivity index (χ3v) is 5.60. The van der Waals surface area contributed by atoms with E-state index in [0.717, 1.165) is 31.3 Å². The van der Waals surface area contributed by atoms with Crippen molar-refractivity contribution in [1.29, 1.82) is 0 Å². The van der Waals surface area contributed by atoms with E-state index >= 15 is 0 Å². The molecule has 2 rings (SSSR count). The summed E-state index contributed by atoms with van der Waals surface area (Å²) in [6.45, 7) is 11.3. The Kier molecular flexibility index (Phi) is 6.40. The molecule has 0 amide bonds. The fraction of sp³-hybridized carbons (Fsp3) is 0.647. The maximum Gasteiger partial charge on any atom is 0.0237 e. The first kappa shape index (κ1) is 15.9. The van der Waals surface area contributed by atoms with Crippen molar-refractivity contribution in [2.45, 2.75) is 45.0 Å². The lowest BCUT2D eigenvalue weighted by molar-refractivity contribution is 0.204. The van der Waals surface area contributed by atoms with Crippen molar-refractivity contribution in [3.8, 4) is 0 Å². The lowest BCUT2D eigenvalue weighted by Crippen LogP contribution is -2.43. The van der Waals surface area contributed by atoms with Crippen molar-refractivity contribution < 1.29 is 0 Å². The predicted molar refractivity (Wildman–Crippen MR) is 90.5 cm³/mol. The Morgan fingerprint density at radius 2 is 1.90 bits per heavy atom. The van der Waals surface area contributed by atoms with Crippen molar-refractivity contribution in [2.75, 3.05) is 25.4 Å². The molecule has 0 spiro atoms. The molecule has 0 radical (unpaired) electrons. The molecule has 1 heterocycles. The fourth-order valence-electron chi connectivity index (χ4n) is 2.67. The van der Waals surface area contributed by atoms with E-state index in [4.69, 9.17) is 0 Å². The Bertz CT molecular complexity index is 390. The van der Waals surface area contributed by atoms with Crippen LogP contribution in [0.3, 0.4) is 0 Å². The Hall–Kier alpha value is -0.510. The van der Waals surface area contributed by atoms with Gasteiger partial charge >= 0.3 is 0 Å². The average molecular weight is 292 g/mol. The second-order valence-corrected chi connectivity index (χ2v) is 7.19. The van der Waals surface area contributed by atoms with Crippen molar-refractivity contribution in [3.05, 3.63) is 35.4 Å². The molecule has 1 aliphatic rings. The number of rotatable bonds is 6. The van der Waals surface area contributed by atoms with Crippen LogP contribution in [0.15, 0.2) is 24.3 Å². The van der Waals surface area contributed by atoms with Gasteiger partial charge in [0.15, 0.2) is 0 Å². The molecule has 2 unspecified atom stereocenters. The average Bonchev–Trinajstić information content (AvgIpc) is 2.46. The van der Waals surface area contributed by atoms with E-state index in [1.807, 2.05) is 0 Å². The van der Waals surface area contributed by atoms with Gasteiger partial charge in [0.1, 0.15) is 0 Å². The molecule has 1 aromatic carbocycles. The van der Waals surface area contributed by atoms with E-state index in [9.17, 15) is 0 Å². The van der Waals surface area contributed by atoms with Crippen LogP contribution in [0.5, 0.6) is 0 Å². The summed E-state index contributed by atoms with van der Waals surface area (Å²) in [6.07, 6.45) is 1.13. The van der Waals surface area contributed by atoms with Crippen LogP contribution in [0.2, 0.25) is 0 Å². The SMILES string of the molecule is CCNCCc1ccc(CN2CCSC(C)C2C)cc1. The second kappa shape index (κ2) is 8.06. The zero-order chi connectivity index (χ0) is 14.4. The van der Waals surface area contributed by atoms with E-state index in [1.165, 1.54) is 23.4 Å². The Balaban J connectivity index is 1.86. The number of likely N-dealkylation sites (N-methyl/N-ethyl adjacent to an activating group) is 1. The van der Waals surface area contributed by atoms with Crippen molar-refractivity contribution in [3.63, 3.8) is 0 Å². The van der Waals surface area contributed by atoms with Crippen LogP contribution in [0.4, 0.5) is 0 Å². The van der Waals surface area contributed by atoms with Crippen LogP contribution >= 0.6 is 11.8 Å². The smallest absolute Gasteiger partial charge is 0.0237 e. The minimum Gasteiger partial charge on any atom is -0.317 e. The van der Waals surface area contributed by atoms with Crippen LogP contribution in [0, 0.1) is 0 Å². The van der Waals surface area contributed by atoms with Gasteiger partial charge in [0.05, 0.1) is 0 Å². The quantitative estimate of drug-likeness (QED) is 0.811. The molecule has 0 aromatic heterocycles.